The third-order valence-electron chi connectivity index (χ3n) is 2.85. The fraction of sp³-hybridized carbons (Fsp3) is 0.308. The SMILES string of the molecule is CC(C)n1c(CS)cc2cccc(C(=O)O)c21. The molecule has 1 aromatic carbocycles. The number of thiol groups is 1. The Morgan fingerprint density at radius 1 is 1.47 bits per heavy atom. The van der Waals surface area contributed by atoms with Crippen LogP contribution in [0, 0.1) is 0 Å². The standard InChI is InChI=1S/C13H15NO2S/c1-8(2)14-10(7-17)6-9-4-3-5-11(12(9)14)13(15)16/h3-6,8,17H,7H2,1-2H3,(H,15,16). The van der Waals surface area contributed by atoms with Crippen LogP contribution in [-0.2, 0) is 5.75 Å². The van der Waals surface area contributed by atoms with Crippen LogP contribution < -0.4 is 0 Å². The van der Waals surface area contributed by atoms with Crippen LogP contribution in [0.5, 0.6) is 0 Å². The number of aromatic carboxylic acids is 1. The number of nitrogens with zero attached hydrogens (tertiary/aromatic N) is 1. The summed E-state index contributed by atoms with van der Waals surface area (Å²) in [6.45, 7) is 4.09. The van der Waals surface area contributed by atoms with E-state index in [4.69, 9.17) is 0 Å². The first kappa shape index (κ1) is 12.0. The molecule has 0 fully saturated rings. The van der Waals surface area contributed by atoms with Crippen LogP contribution in [0.15, 0.2) is 24.3 Å². The lowest BCUT2D eigenvalue weighted by atomic mass is 10.1. The van der Waals surface area contributed by atoms with Crippen LogP contribution in [0.4, 0.5) is 0 Å². The van der Waals surface area contributed by atoms with Crippen molar-refractivity contribution in [3.63, 3.8) is 0 Å². The van der Waals surface area contributed by atoms with Crippen molar-refractivity contribution in [3.8, 4) is 0 Å². The predicted molar refractivity (Wildman–Crippen MR) is 72.0 cm³/mol. The molecule has 0 spiro atoms. The van der Waals surface area contributed by atoms with Gasteiger partial charge in [0.05, 0.1) is 11.1 Å². The smallest absolute Gasteiger partial charge is 0.337 e. The first-order valence-electron chi connectivity index (χ1n) is 5.53. The van der Waals surface area contributed by atoms with E-state index in [0.717, 1.165) is 16.6 Å². The molecule has 0 radical (unpaired) electrons. The minimum absolute atomic E-state index is 0.218. The predicted octanol–water partition coefficient (Wildman–Crippen LogP) is 3.35. The van der Waals surface area contributed by atoms with E-state index in [1.54, 1.807) is 12.1 Å². The molecule has 0 saturated carbocycles. The molecule has 2 aromatic rings. The van der Waals surface area contributed by atoms with Gasteiger partial charge in [0.2, 0.25) is 0 Å². The van der Waals surface area contributed by atoms with Gasteiger partial charge in [0, 0.05) is 22.9 Å². The van der Waals surface area contributed by atoms with Gasteiger partial charge in [-0.3, -0.25) is 0 Å². The molecule has 1 aromatic heterocycles. The summed E-state index contributed by atoms with van der Waals surface area (Å²) in [6.07, 6.45) is 0. The van der Waals surface area contributed by atoms with Crippen molar-refractivity contribution in [2.75, 3.05) is 0 Å². The Morgan fingerprint density at radius 2 is 2.18 bits per heavy atom. The second-order valence-electron chi connectivity index (χ2n) is 4.31. The van der Waals surface area contributed by atoms with Crippen LogP contribution in [0.3, 0.4) is 0 Å². The molecule has 17 heavy (non-hydrogen) atoms. The normalized spacial score (nSPS) is 11.3. The maximum absolute atomic E-state index is 11.3. The third kappa shape index (κ3) is 1.93. The van der Waals surface area contributed by atoms with Crippen molar-refractivity contribution in [1.29, 1.82) is 0 Å². The largest absolute Gasteiger partial charge is 0.478 e. The van der Waals surface area contributed by atoms with Crippen LogP contribution >= 0.6 is 12.6 Å². The van der Waals surface area contributed by atoms with Crippen LogP contribution in [0.2, 0.25) is 0 Å². The van der Waals surface area contributed by atoms with Gasteiger partial charge in [-0.05, 0) is 26.0 Å². The van der Waals surface area contributed by atoms with Gasteiger partial charge in [-0.1, -0.05) is 12.1 Å². The molecule has 0 aliphatic rings. The van der Waals surface area contributed by atoms with Gasteiger partial charge in [0.15, 0.2) is 0 Å². The molecule has 4 heteroatoms. The lowest BCUT2D eigenvalue weighted by molar-refractivity contribution is 0.0698. The molecule has 90 valence electrons. The van der Waals surface area contributed by atoms with Gasteiger partial charge in [0.25, 0.3) is 0 Å². The molecule has 0 unspecified atom stereocenters. The van der Waals surface area contributed by atoms with E-state index in [-0.39, 0.29) is 6.04 Å². The summed E-state index contributed by atoms with van der Waals surface area (Å²) in [5, 5.41) is 10.2. The second kappa shape index (κ2) is 4.45. The molecule has 0 saturated heterocycles. The molecule has 1 N–H and O–H groups in total. The fourth-order valence-corrected chi connectivity index (χ4v) is 2.47. The first-order chi connectivity index (χ1) is 8.06. The number of hydrogen-bond acceptors (Lipinski definition) is 2. The molecule has 0 aliphatic carbocycles. The summed E-state index contributed by atoms with van der Waals surface area (Å²) in [7, 11) is 0. The third-order valence-corrected chi connectivity index (χ3v) is 3.17. The zero-order valence-electron chi connectivity index (χ0n) is 9.84. The zero-order chi connectivity index (χ0) is 12.6. The molecule has 3 nitrogen and oxygen atoms in total. The Labute approximate surface area is 105 Å². The van der Waals surface area contributed by atoms with Gasteiger partial charge in [-0.2, -0.15) is 12.6 Å². The first-order valence-corrected chi connectivity index (χ1v) is 6.16. The topological polar surface area (TPSA) is 42.2 Å². The van der Waals surface area contributed by atoms with E-state index in [2.05, 4.69) is 12.6 Å². The highest BCUT2D eigenvalue weighted by Crippen LogP contribution is 2.28. The quantitative estimate of drug-likeness (QED) is 0.819. The van der Waals surface area contributed by atoms with Crippen molar-refractivity contribution in [1.82, 2.24) is 4.57 Å². The summed E-state index contributed by atoms with van der Waals surface area (Å²) in [4.78, 5) is 11.3. The summed E-state index contributed by atoms with van der Waals surface area (Å²) >= 11 is 4.30. The van der Waals surface area contributed by atoms with E-state index in [9.17, 15) is 9.90 Å². The highest BCUT2D eigenvalue weighted by atomic mass is 32.1. The highest BCUT2D eigenvalue weighted by molar-refractivity contribution is 7.79. The number of rotatable bonds is 3. The van der Waals surface area contributed by atoms with Gasteiger partial charge < -0.3 is 9.67 Å². The molecule has 0 amide bonds. The minimum atomic E-state index is -0.888. The molecular weight excluding hydrogens is 234 g/mol. The minimum Gasteiger partial charge on any atom is -0.478 e. The van der Waals surface area contributed by atoms with Crippen molar-refractivity contribution in [3.05, 3.63) is 35.5 Å². The van der Waals surface area contributed by atoms with Crippen molar-refractivity contribution in [2.45, 2.75) is 25.6 Å². The van der Waals surface area contributed by atoms with Crippen LogP contribution in [0.1, 0.15) is 35.9 Å². The number of fused-ring (bicyclic) bond motifs is 1. The van der Waals surface area contributed by atoms with Gasteiger partial charge in [-0.15, -0.1) is 0 Å². The van der Waals surface area contributed by atoms with Gasteiger partial charge in [0.1, 0.15) is 0 Å². The monoisotopic (exact) mass is 249 g/mol. The van der Waals surface area contributed by atoms with Crippen LogP contribution in [0.25, 0.3) is 10.9 Å². The number of carbonyl (C=O) groups is 1. The Kier molecular flexibility index (Phi) is 3.15. The molecule has 0 aliphatic heterocycles. The summed E-state index contributed by atoms with van der Waals surface area (Å²) in [5.41, 5.74) is 2.19. The molecule has 1 heterocycles. The second-order valence-corrected chi connectivity index (χ2v) is 4.62. The number of aromatic nitrogens is 1. The summed E-state index contributed by atoms with van der Waals surface area (Å²) in [6, 6.07) is 7.59. The highest BCUT2D eigenvalue weighted by Gasteiger charge is 2.16. The zero-order valence-corrected chi connectivity index (χ0v) is 10.7. The van der Waals surface area contributed by atoms with E-state index in [0.29, 0.717) is 11.3 Å². The Morgan fingerprint density at radius 3 is 2.71 bits per heavy atom. The molecule has 0 atom stereocenters. The van der Waals surface area contributed by atoms with E-state index in [1.807, 2.05) is 30.5 Å². The molecule has 0 bridgehead atoms. The lowest BCUT2D eigenvalue weighted by Gasteiger charge is -2.14. The number of benzene rings is 1. The fourth-order valence-electron chi connectivity index (χ4n) is 2.22. The van der Waals surface area contributed by atoms with Gasteiger partial charge >= 0.3 is 5.97 Å². The average molecular weight is 249 g/mol. The number of carboxylic acids is 1. The Hall–Kier alpha value is -1.42. The summed E-state index contributed by atoms with van der Waals surface area (Å²) in [5.74, 6) is -0.285. The maximum Gasteiger partial charge on any atom is 0.337 e. The number of para-hydroxylation sites is 1. The summed E-state index contributed by atoms with van der Waals surface area (Å²) < 4.78 is 2.05. The Balaban J connectivity index is 2.86. The van der Waals surface area contributed by atoms with E-state index < -0.39 is 5.97 Å². The van der Waals surface area contributed by atoms with Gasteiger partial charge in [-0.25, -0.2) is 4.79 Å². The van der Waals surface area contributed by atoms with Crippen molar-refractivity contribution >= 4 is 29.5 Å². The molecule has 2 rings (SSSR count). The average Bonchev–Trinajstić information content (AvgIpc) is 2.66. The van der Waals surface area contributed by atoms with E-state index >= 15 is 0 Å². The number of hydrogen-bond donors (Lipinski definition) is 2. The lowest BCUT2D eigenvalue weighted by Crippen LogP contribution is -2.07. The van der Waals surface area contributed by atoms with Crippen LogP contribution in [-0.4, -0.2) is 15.6 Å². The number of carboxylic acid groups (broad SMARTS) is 1. The van der Waals surface area contributed by atoms with E-state index in [1.165, 1.54) is 0 Å². The molecular formula is C13H15NO2S. The van der Waals surface area contributed by atoms with Crippen molar-refractivity contribution < 1.29 is 9.90 Å². The maximum atomic E-state index is 11.3. The van der Waals surface area contributed by atoms with Crippen molar-refractivity contribution in [2.24, 2.45) is 0 Å². The Bertz CT molecular complexity index is 572.